The maximum absolute atomic E-state index is 12.5. The molecule has 0 saturated carbocycles. The molecule has 0 spiro atoms. The number of aryl methyl sites for hydroxylation is 1. The summed E-state index contributed by atoms with van der Waals surface area (Å²) in [7, 11) is 0. The van der Waals surface area contributed by atoms with Gasteiger partial charge in [0.15, 0.2) is 5.78 Å². The summed E-state index contributed by atoms with van der Waals surface area (Å²) in [6, 6.07) is 4.02. The molecular formula is C15H21NO2. The zero-order valence-electron chi connectivity index (χ0n) is 11.2. The van der Waals surface area contributed by atoms with Crippen LogP contribution >= 0.6 is 0 Å². The Hall–Kier alpha value is -1.22. The maximum atomic E-state index is 12.5. The topological polar surface area (TPSA) is 39.2 Å². The average molecular weight is 247 g/mol. The highest BCUT2D eigenvalue weighted by molar-refractivity contribution is 5.90. The molecule has 3 heteroatoms. The SMILES string of the molecule is CCCC(OCC)C(=O)C1CCc2cccnc21. The molecule has 0 radical (unpaired) electrons. The number of pyridine rings is 1. The van der Waals surface area contributed by atoms with Gasteiger partial charge >= 0.3 is 0 Å². The standard InChI is InChI=1S/C15H21NO2/c1-3-6-13(18-4-2)15(17)12-9-8-11-7-5-10-16-14(11)12/h5,7,10,12-13H,3-4,6,8-9H2,1-2H3. The van der Waals surface area contributed by atoms with Gasteiger partial charge in [0.2, 0.25) is 0 Å². The summed E-state index contributed by atoms with van der Waals surface area (Å²) in [5.41, 5.74) is 2.20. The third-order valence-corrected chi connectivity index (χ3v) is 3.54. The van der Waals surface area contributed by atoms with Crippen molar-refractivity contribution in [3.63, 3.8) is 0 Å². The normalized spacial score (nSPS) is 19.6. The van der Waals surface area contributed by atoms with Crippen molar-refractivity contribution in [3.8, 4) is 0 Å². The summed E-state index contributed by atoms with van der Waals surface area (Å²) in [6.45, 7) is 4.62. The van der Waals surface area contributed by atoms with Gasteiger partial charge in [0.1, 0.15) is 6.10 Å². The lowest BCUT2D eigenvalue weighted by Gasteiger charge is -2.19. The fraction of sp³-hybridized carbons (Fsp3) is 0.600. The van der Waals surface area contributed by atoms with E-state index in [1.807, 2.05) is 13.0 Å². The number of rotatable bonds is 6. The van der Waals surface area contributed by atoms with Gasteiger partial charge in [0.05, 0.1) is 11.6 Å². The summed E-state index contributed by atoms with van der Waals surface area (Å²) in [5, 5.41) is 0. The van der Waals surface area contributed by atoms with Gasteiger partial charge in [-0.15, -0.1) is 0 Å². The molecule has 1 aliphatic rings. The molecule has 0 bridgehead atoms. The highest BCUT2D eigenvalue weighted by atomic mass is 16.5. The number of carbonyl (C=O) groups excluding carboxylic acids is 1. The molecule has 2 unspecified atom stereocenters. The number of Topliss-reactive ketones (excluding diaryl/α,β-unsaturated/α-hetero) is 1. The minimum atomic E-state index is -0.252. The fourth-order valence-electron chi connectivity index (χ4n) is 2.69. The first kappa shape index (κ1) is 13.2. The third kappa shape index (κ3) is 2.61. The minimum Gasteiger partial charge on any atom is -0.371 e. The molecule has 1 heterocycles. The smallest absolute Gasteiger partial charge is 0.170 e. The Labute approximate surface area is 109 Å². The van der Waals surface area contributed by atoms with Crippen molar-refractivity contribution < 1.29 is 9.53 Å². The highest BCUT2D eigenvalue weighted by Crippen LogP contribution is 2.33. The molecule has 3 nitrogen and oxygen atoms in total. The Balaban J connectivity index is 2.14. The Bertz CT molecular complexity index is 411. The first-order valence-electron chi connectivity index (χ1n) is 6.87. The second-order valence-corrected chi connectivity index (χ2v) is 4.77. The van der Waals surface area contributed by atoms with E-state index < -0.39 is 0 Å². The van der Waals surface area contributed by atoms with Gasteiger partial charge in [-0.3, -0.25) is 9.78 Å². The lowest BCUT2D eigenvalue weighted by Crippen LogP contribution is -2.29. The van der Waals surface area contributed by atoms with E-state index in [2.05, 4.69) is 18.0 Å². The number of aromatic nitrogens is 1. The largest absolute Gasteiger partial charge is 0.371 e. The minimum absolute atomic E-state index is 0.0516. The van der Waals surface area contributed by atoms with Crippen LogP contribution < -0.4 is 0 Å². The molecular weight excluding hydrogens is 226 g/mol. The number of fused-ring (bicyclic) bond motifs is 1. The van der Waals surface area contributed by atoms with Gasteiger partial charge in [0.25, 0.3) is 0 Å². The summed E-state index contributed by atoms with van der Waals surface area (Å²) >= 11 is 0. The second-order valence-electron chi connectivity index (χ2n) is 4.77. The van der Waals surface area contributed by atoms with Crippen LogP contribution in [0.15, 0.2) is 18.3 Å². The molecule has 0 N–H and O–H groups in total. The van der Waals surface area contributed by atoms with Crippen LogP contribution in [0.2, 0.25) is 0 Å². The van der Waals surface area contributed by atoms with E-state index in [-0.39, 0.29) is 17.8 Å². The average Bonchev–Trinajstić information content (AvgIpc) is 2.81. The Morgan fingerprint density at radius 1 is 1.56 bits per heavy atom. The van der Waals surface area contributed by atoms with Crippen molar-refractivity contribution in [2.45, 2.75) is 51.6 Å². The van der Waals surface area contributed by atoms with E-state index in [1.54, 1.807) is 6.20 Å². The summed E-state index contributed by atoms with van der Waals surface area (Å²) in [4.78, 5) is 16.9. The van der Waals surface area contributed by atoms with Crippen LogP contribution in [-0.2, 0) is 16.0 Å². The van der Waals surface area contributed by atoms with E-state index in [4.69, 9.17) is 4.74 Å². The van der Waals surface area contributed by atoms with Crippen LogP contribution in [0.25, 0.3) is 0 Å². The zero-order chi connectivity index (χ0) is 13.0. The number of hydrogen-bond donors (Lipinski definition) is 0. The first-order chi connectivity index (χ1) is 8.77. The van der Waals surface area contributed by atoms with Crippen molar-refractivity contribution in [1.82, 2.24) is 4.98 Å². The van der Waals surface area contributed by atoms with Crippen LogP contribution in [0.4, 0.5) is 0 Å². The summed E-state index contributed by atoms with van der Waals surface area (Å²) < 4.78 is 5.59. The molecule has 0 amide bonds. The third-order valence-electron chi connectivity index (χ3n) is 3.54. The quantitative estimate of drug-likeness (QED) is 0.776. The van der Waals surface area contributed by atoms with Crippen molar-refractivity contribution >= 4 is 5.78 Å². The predicted octanol–water partition coefficient (Wildman–Crippen LogP) is 2.89. The lowest BCUT2D eigenvalue weighted by molar-refractivity contribution is -0.132. The molecule has 2 rings (SSSR count). The van der Waals surface area contributed by atoms with Crippen LogP contribution in [0, 0.1) is 0 Å². The molecule has 98 valence electrons. The van der Waals surface area contributed by atoms with E-state index in [1.165, 1.54) is 5.56 Å². The first-order valence-corrected chi connectivity index (χ1v) is 6.87. The van der Waals surface area contributed by atoms with Crippen molar-refractivity contribution in [2.75, 3.05) is 6.61 Å². The summed E-state index contributed by atoms with van der Waals surface area (Å²) in [6.07, 6.45) is 5.16. The van der Waals surface area contributed by atoms with Gasteiger partial charge < -0.3 is 4.74 Å². The van der Waals surface area contributed by atoms with Gasteiger partial charge in [-0.05, 0) is 37.8 Å². The van der Waals surface area contributed by atoms with Crippen molar-refractivity contribution in [3.05, 3.63) is 29.6 Å². The van der Waals surface area contributed by atoms with E-state index in [9.17, 15) is 4.79 Å². The van der Waals surface area contributed by atoms with E-state index in [0.29, 0.717) is 6.61 Å². The number of hydrogen-bond acceptors (Lipinski definition) is 3. The molecule has 0 aliphatic heterocycles. The molecule has 2 atom stereocenters. The fourth-order valence-corrected chi connectivity index (χ4v) is 2.69. The van der Waals surface area contributed by atoms with Gasteiger partial charge in [0, 0.05) is 12.8 Å². The predicted molar refractivity (Wildman–Crippen MR) is 70.6 cm³/mol. The number of nitrogens with zero attached hydrogens (tertiary/aromatic N) is 1. The lowest BCUT2D eigenvalue weighted by atomic mass is 9.95. The van der Waals surface area contributed by atoms with Crippen LogP contribution in [-0.4, -0.2) is 23.5 Å². The maximum Gasteiger partial charge on any atom is 0.170 e. The highest BCUT2D eigenvalue weighted by Gasteiger charge is 2.33. The summed E-state index contributed by atoms with van der Waals surface area (Å²) in [5.74, 6) is 0.167. The van der Waals surface area contributed by atoms with Crippen LogP contribution in [0.3, 0.4) is 0 Å². The van der Waals surface area contributed by atoms with Crippen LogP contribution in [0.5, 0.6) is 0 Å². The zero-order valence-corrected chi connectivity index (χ0v) is 11.2. The molecule has 18 heavy (non-hydrogen) atoms. The van der Waals surface area contributed by atoms with Crippen molar-refractivity contribution in [1.29, 1.82) is 0 Å². The van der Waals surface area contributed by atoms with Gasteiger partial charge in [-0.1, -0.05) is 19.4 Å². The van der Waals surface area contributed by atoms with E-state index >= 15 is 0 Å². The molecule has 1 aliphatic carbocycles. The number of carbonyl (C=O) groups is 1. The molecule has 0 fully saturated rings. The number of ketones is 1. The van der Waals surface area contributed by atoms with Gasteiger partial charge in [-0.2, -0.15) is 0 Å². The second kappa shape index (κ2) is 6.10. The Kier molecular flexibility index (Phi) is 4.48. The van der Waals surface area contributed by atoms with Crippen molar-refractivity contribution in [2.24, 2.45) is 0 Å². The van der Waals surface area contributed by atoms with Crippen LogP contribution in [0.1, 0.15) is 50.3 Å². The monoisotopic (exact) mass is 247 g/mol. The molecule has 0 aromatic carbocycles. The molecule has 1 aromatic rings. The Morgan fingerprint density at radius 2 is 2.39 bits per heavy atom. The number of ether oxygens (including phenoxy) is 1. The van der Waals surface area contributed by atoms with E-state index in [0.717, 1.165) is 31.4 Å². The molecule has 0 saturated heterocycles. The Morgan fingerprint density at radius 3 is 3.11 bits per heavy atom. The molecule has 1 aromatic heterocycles. The van der Waals surface area contributed by atoms with Gasteiger partial charge in [-0.25, -0.2) is 0 Å².